The molecule has 1 aliphatic rings. The fourth-order valence-electron chi connectivity index (χ4n) is 4.04. The Bertz CT molecular complexity index is 1440. The van der Waals surface area contributed by atoms with Crippen molar-refractivity contribution in [2.24, 2.45) is 0 Å². The van der Waals surface area contributed by atoms with Crippen molar-refractivity contribution in [3.63, 3.8) is 0 Å². The van der Waals surface area contributed by atoms with Crippen molar-refractivity contribution in [3.05, 3.63) is 75.5 Å². The Kier molecular flexibility index (Phi) is 6.46. The minimum Gasteiger partial charge on any atom is -0.316 e. The molecule has 1 N–H and O–H groups in total. The molecule has 1 aliphatic carbocycles. The third-order valence-electron chi connectivity index (χ3n) is 5.58. The van der Waals surface area contributed by atoms with Crippen LogP contribution in [-0.2, 0) is 17.6 Å². The molecule has 166 valence electrons. The number of anilines is 1. The molecule has 0 fully saturated rings. The first-order valence-corrected chi connectivity index (χ1v) is 13.4. The van der Waals surface area contributed by atoms with Crippen molar-refractivity contribution in [1.29, 1.82) is 10.5 Å². The van der Waals surface area contributed by atoms with Gasteiger partial charge in [0.05, 0.1) is 27.5 Å². The normalized spacial score (nSPS) is 12.1. The molecule has 0 aliphatic heterocycles. The molecule has 0 atom stereocenters. The highest BCUT2D eigenvalue weighted by atomic mass is 32.2. The van der Waals surface area contributed by atoms with Crippen molar-refractivity contribution in [2.45, 2.75) is 24.3 Å². The lowest BCUT2D eigenvalue weighted by atomic mass is 10.0. The molecule has 0 saturated carbocycles. The van der Waals surface area contributed by atoms with E-state index in [0.29, 0.717) is 21.2 Å². The minimum absolute atomic E-state index is 0.0945. The van der Waals surface area contributed by atoms with Gasteiger partial charge in [0.15, 0.2) is 0 Å². The van der Waals surface area contributed by atoms with Crippen molar-refractivity contribution >= 4 is 45.3 Å². The van der Waals surface area contributed by atoms with Gasteiger partial charge in [0.2, 0.25) is 5.91 Å². The number of amides is 1. The number of benzene rings is 1. The van der Waals surface area contributed by atoms with Gasteiger partial charge in [0, 0.05) is 10.4 Å². The molecule has 0 saturated heterocycles. The van der Waals surface area contributed by atoms with Gasteiger partial charge in [0.1, 0.15) is 22.2 Å². The molecular formula is C26H18N4OS3. The van der Waals surface area contributed by atoms with Crippen LogP contribution in [0, 0.1) is 22.7 Å². The Labute approximate surface area is 209 Å². The van der Waals surface area contributed by atoms with Crippen molar-refractivity contribution < 1.29 is 4.79 Å². The number of hydrogen-bond donors (Lipinski definition) is 1. The molecule has 5 rings (SSSR count). The zero-order valence-corrected chi connectivity index (χ0v) is 20.4. The summed E-state index contributed by atoms with van der Waals surface area (Å²) in [4.78, 5) is 19.8. The van der Waals surface area contributed by atoms with Gasteiger partial charge in [-0.3, -0.25) is 4.79 Å². The first-order valence-electron chi connectivity index (χ1n) is 10.7. The highest BCUT2D eigenvalue weighted by molar-refractivity contribution is 8.00. The van der Waals surface area contributed by atoms with Crippen LogP contribution in [0.4, 0.5) is 5.00 Å². The van der Waals surface area contributed by atoms with E-state index in [1.54, 1.807) is 11.3 Å². The van der Waals surface area contributed by atoms with Gasteiger partial charge in [-0.05, 0) is 47.9 Å². The Morgan fingerprint density at radius 2 is 1.91 bits per heavy atom. The number of thioether (sulfide) groups is 1. The average Bonchev–Trinajstić information content (AvgIpc) is 3.61. The van der Waals surface area contributed by atoms with Gasteiger partial charge in [-0.1, -0.05) is 48.2 Å². The Hall–Kier alpha value is -3.43. The maximum atomic E-state index is 12.8. The van der Waals surface area contributed by atoms with Gasteiger partial charge in [-0.2, -0.15) is 10.5 Å². The van der Waals surface area contributed by atoms with Gasteiger partial charge < -0.3 is 5.32 Å². The molecule has 1 aromatic carbocycles. The Balaban J connectivity index is 1.43. The summed E-state index contributed by atoms with van der Waals surface area (Å²) in [5, 5.41) is 25.6. The topological polar surface area (TPSA) is 89.6 Å². The van der Waals surface area contributed by atoms with E-state index in [9.17, 15) is 15.3 Å². The van der Waals surface area contributed by atoms with Crippen LogP contribution < -0.4 is 5.32 Å². The fraction of sp³-hybridized carbons (Fsp3) is 0.154. The van der Waals surface area contributed by atoms with E-state index in [1.165, 1.54) is 28.0 Å². The predicted octanol–water partition coefficient (Wildman–Crippen LogP) is 6.50. The van der Waals surface area contributed by atoms with Crippen LogP contribution in [0.1, 0.15) is 28.0 Å². The zero-order valence-electron chi connectivity index (χ0n) is 18.0. The van der Waals surface area contributed by atoms with Crippen LogP contribution in [0.15, 0.2) is 58.9 Å². The molecule has 4 aromatic rings. The summed E-state index contributed by atoms with van der Waals surface area (Å²) in [6.07, 6.45) is 2.92. The molecule has 0 spiro atoms. The lowest BCUT2D eigenvalue weighted by Gasteiger charge is -2.12. The average molecular weight is 499 g/mol. The van der Waals surface area contributed by atoms with E-state index in [0.717, 1.165) is 46.5 Å². The van der Waals surface area contributed by atoms with E-state index in [1.807, 2.05) is 53.9 Å². The highest BCUT2D eigenvalue weighted by Crippen LogP contribution is 2.39. The first-order chi connectivity index (χ1) is 16.7. The summed E-state index contributed by atoms with van der Waals surface area (Å²) in [6.45, 7) is 0. The Morgan fingerprint density at radius 1 is 1.09 bits per heavy atom. The van der Waals surface area contributed by atoms with Crippen molar-refractivity contribution in [1.82, 2.24) is 4.98 Å². The summed E-state index contributed by atoms with van der Waals surface area (Å²) in [5.74, 6) is -0.119. The second kappa shape index (κ2) is 9.82. The number of thiophene rings is 2. The maximum Gasteiger partial charge on any atom is 0.235 e. The number of rotatable bonds is 6. The lowest BCUT2D eigenvalue weighted by molar-refractivity contribution is -0.113. The molecule has 0 unspecified atom stereocenters. The standard InChI is InChI=1S/C26H18N4OS3/c27-13-19-17-8-4-9-22(17)34-26(19)30-24(31)15-33-25-20(14-28)18(16-6-2-1-3-7-16)12-21(29-25)23-10-5-11-32-23/h1-3,5-7,10-12H,4,8-9,15H2,(H,30,31). The van der Waals surface area contributed by atoms with E-state index >= 15 is 0 Å². The molecule has 3 heterocycles. The summed E-state index contributed by atoms with van der Waals surface area (Å²) in [6, 6.07) is 20.2. The number of hydrogen-bond acceptors (Lipinski definition) is 7. The van der Waals surface area contributed by atoms with E-state index in [4.69, 9.17) is 4.98 Å². The molecule has 0 bridgehead atoms. The number of pyridine rings is 1. The van der Waals surface area contributed by atoms with Crippen LogP contribution in [0.25, 0.3) is 21.7 Å². The number of nitrogens with zero attached hydrogens (tertiary/aromatic N) is 3. The van der Waals surface area contributed by atoms with Crippen LogP contribution in [0.5, 0.6) is 0 Å². The second-order valence-electron chi connectivity index (χ2n) is 7.70. The number of nitriles is 2. The number of fused-ring (bicyclic) bond motifs is 1. The number of carbonyl (C=O) groups excluding carboxylic acids is 1. The number of carbonyl (C=O) groups is 1. The highest BCUT2D eigenvalue weighted by Gasteiger charge is 2.23. The van der Waals surface area contributed by atoms with Gasteiger partial charge >= 0.3 is 0 Å². The van der Waals surface area contributed by atoms with Crippen molar-refractivity contribution in [2.75, 3.05) is 11.1 Å². The Morgan fingerprint density at radius 3 is 2.65 bits per heavy atom. The monoisotopic (exact) mass is 498 g/mol. The third kappa shape index (κ3) is 4.36. The molecule has 3 aromatic heterocycles. The SMILES string of the molecule is N#Cc1c(-c2ccccc2)cc(-c2cccs2)nc1SCC(=O)Nc1sc2c(c1C#N)CCC2. The second-order valence-corrected chi connectivity index (χ2v) is 10.7. The molecule has 34 heavy (non-hydrogen) atoms. The van der Waals surface area contributed by atoms with E-state index in [-0.39, 0.29) is 11.7 Å². The summed E-state index contributed by atoms with van der Waals surface area (Å²) in [7, 11) is 0. The third-order valence-corrected chi connectivity index (χ3v) is 8.66. The van der Waals surface area contributed by atoms with Crippen LogP contribution >= 0.6 is 34.4 Å². The number of aryl methyl sites for hydroxylation is 1. The summed E-state index contributed by atoms with van der Waals surface area (Å²) >= 11 is 4.33. The molecular weight excluding hydrogens is 481 g/mol. The van der Waals surface area contributed by atoms with Crippen molar-refractivity contribution in [3.8, 4) is 33.8 Å². The molecule has 0 radical (unpaired) electrons. The zero-order chi connectivity index (χ0) is 23.5. The maximum absolute atomic E-state index is 12.8. The van der Waals surface area contributed by atoms with Gasteiger partial charge in [-0.15, -0.1) is 22.7 Å². The smallest absolute Gasteiger partial charge is 0.235 e. The molecule has 1 amide bonds. The fourth-order valence-corrected chi connectivity index (χ4v) is 6.78. The molecule has 8 heteroatoms. The number of nitrogens with one attached hydrogen (secondary N) is 1. The van der Waals surface area contributed by atoms with E-state index in [2.05, 4.69) is 17.5 Å². The predicted molar refractivity (Wildman–Crippen MR) is 138 cm³/mol. The summed E-state index contributed by atoms with van der Waals surface area (Å²) in [5.41, 5.74) is 4.63. The van der Waals surface area contributed by atoms with Crippen LogP contribution in [0.3, 0.4) is 0 Å². The minimum atomic E-state index is -0.213. The van der Waals surface area contributed by atoms with Gasteiger partial charge in [-0.25, -0.2) is 4.98 Å². The summed E-state index contributed by atoms with van der Waals surface area (Å²) < 4.78 is 0. The largest absolute Gasteiger partial charge is 0.316 e. The van der Waals surface area contributed by atoms with Crippen LogP contribution in [-0.4, -0.2) is 16.6 Å². The van der Waals surface area contributed by atoms with Gasteiger partial charge in [0.25, 0.3) is 0 Å². The lowest BCUT2D eigenvalue weighted by Crippen LogP contribution is -2.14. The number of aromatic nitrogens is 1. The van der Waals surface area contributed by atoms with Crippen LogP contribution in [0.2, 0.25) is 0 Å². The van der Waals surface area contributed by atoms with E-state index < -0.39 is 0 Å². The molecule has 5 nitrogen and oxygen atoms in total. The first kappa shape index (κ1) is 22.4. The quantitative estimate of drug-likeness (QED) is 0.306.